The summed E-state index contributed by atoms with van der Waals surface area (Å²) in [5.41, 5.74) is 3.29. The van der Waals surface area contributed by atoms with E-state index in [0.717, 1.165) is 28.1 Å². The monoisotopic (exact) mass is 405 g/mol. The molecule has 0 atom stereocenters. The maximum atomic E-state index is 13.2. The minimum Gasteiger partial charge on any atom is -0.337 e. The summed E-state index contributed by atoms with van der Waals surface area (Å²) in [6.07, 6.45) is 1.15. The second kappa shape index (κ2) is 8.57. The third-order valence-corrected chi connectivity index (χ3v) is 6.15. The normalized spacial score (nSPS) is 13.2. The molecule has 0 fully saturated rings. The van der Waals surface area contributed by atoms with Gasteiger partial charge in [-0.05, 0) is 11.1 Å². The van der Waals surface area contributed by atoms with Gasteiger partial charge in [-0.2, -0.15) is 0 Å². The molecule has 2 heterocycles. The van der Waals surface area contributed by atoms with Crippen molar-refractivity contribution < 1.29 is 9.59 Å². The van der Waals surface area contributed by atoms with Crippen LogP contribution in [0.15, 0.2) is 60.7 Å². The molecular formula is C23H23N3O2S. The zero-order chi connectivity index (χ0) is 20.2. The first-order valence-electron chi connectivity index (χ1n) is 9.74. The number of rotatable bonds is 5. The summed E-state index contributed by atoms with van der Waals surface area (Å²) in [6.45, 7) is 2.69. The summed E-state index contributed by atoms with van der Waals surface area (Å²) < 4.78 is 0. The largest absolute Gasteiger partial charge is 0.337 e. The molecule has 4 rings (SSSR count). The van der Waals surface area contributed by atoms with Gasteiger partial charge in [0.25, 0.3) is 0 Å². The average Bonchev–Trinajstić information content (AvgIpc) is 3.13. The molecular weight excluding hydrogens is 382 g/mol. The Morgan fingerprint density at radius 2 is 1.69 bits per heavy atom. The first-order valence-corrected chi connectivity index (χ1v) is 10.6. The number of nitrogens with zero attached hydrogens (tertiary/aromatic N) is 2. The van der Waals surface area contributed by atoms with E-state index < -0.39 is 0 Å². The van der Waals surface area contributed by atoms with Crippen molar-refractivity contribution in [3.8, 4) is 0 Å². The maximum Gasteiger partial charge on any atom is 0.223 e. The number of thiazole rings is 1. The van der Waals surface area contributed by atoms with Gasteiger partial charge in [-0.15, -0.1) is 0 Å². The van der Waals surface area contributed by atoms with E-state index in [1.807, 2.05) is 41.3 Å². The number of nitrogens with one attached hydrogen (secondary N) is 1. The summed E-state index contributed by atoms with van der Waals surface area (Å²) in [7, 11) is 0. The third kappa shape index (κ3) is 4.54. The van der Waals surface area contributed by atoms with Gasteiger partial charge < -0.3 is 10.2 Å². The van der Waals surface area contributed by atoms with Crippen LogP contribution in [0.2, 0.25) is 0 Å². The third-order valence-electron chi connectivity index (χ3n) is 5.15. The minimum absolute atomic E-state index is 0.0303. The topological polar surface area (TPSA) is 62.3 Å². The van der Waals surface area contributed by atoms with Crippen molar-refractivity contribution in [1.29, 1.82) is 0 Å². The zero-order valence-electron chi connectivity index (χ0n) is 16.3. The Labute approximate surface area is 174 Å². The standard InChI is InChI=1S/C23H23N3O2S/c1-16(27)24-23-25-20-12-13-26(15-21(20)29-23)22(28)14-19(17-8-4-2-5-9-17)18-10-6-3-7-11-18/h2-11,19H,12-15H2,1H3,(H,24,25,27). The highest BCUT2D eigenvalue weighted by Crippen LogP contribution is 2.32. The van der Waals surface area contributed by atoms with Gasteiger partial charge in [0.1, 0.15) is 0 Å². The number of carbonyl (C=O) groups excluding carboxylic acids is 2. The first-order chi connectivity index (χ1) is 14.1. The number of hydrogen-bond acceptors (Lipinski definition) is 4. The second-order valence-corrected chi connectivity index (χ2v) is 8.30. The summed E-state index contributed by atoms with van der Waals surface area (Å²) in [6, 6.07) is 20.4. The van der Waals surface area contributed by atoms with Gasteiger partial charge in [0.15, 0.2) is 5.13 Å². The van der Waals surface area contributed by atoms with Crippen LogP contribution >= 0.6 is 11.3 Å². The van der Waals surface area contributed by atoms with Gasteiger partial charge in [0, 0.05) is 37.1 Å². The summed E-state index contributed by atoms with van der Waals surface area (Å²) in [4.78, 5) is 31.9. The molecule has 2 amide bonds. The van der Waals surface area contributed by atoms with E-state index in [9.17, 15) is 9.59 Å². The fourth-order valence-corrected chi connectivity index (χ4v) is 4.78. The van der Waals surface area contributed by atoms with Crippen LogP contribution in [0.3, 0.4) is 0 Å². The lowest BCUT2D eigenvalue weighted by molar-refractivity contribution is -0.132. The van der Waals surface area contributed by atoms with E-state index in [1.54, 1.807) is 0 Å². The lowest BCUT2D eigenvalue weighted by Crippen LogP contribution is -2.36. The van der Waals surface area contributed by atoms with Crippen LogP contribution in [0.1, 0.15) is 41.0 Å². The Morgan fingerprint density at radius 3 is 2.28 bits per heavy atom. The van der Waals surface area contributed by atoms with Gasteiger partial charge >= 0.3 is 0 Å². The molecule has 0 aliphatic carbocycles. The predicted octanol–water partition coefficient (Wildman–Crippen LogP) is 4.21. The molecule has 0 unspecified atom stereocenters. The Balaban J connectivity index is 1.51. The smallest absolute Gasteiger partial charge is 0.223 e. The molecule has 3 aromatic rings. The highest BCUT2D eigenvalue weighted by Gasteiger charge is 2.27. The number of carbonyl (C=O) groups is 2. The Morgan fingerprint density at radius 1 is 1.07 bits per heavy atom. The average molecular weight is 406 g/mol. The second-order valence-electron chi connectivity index (χ2n) is 7.21. The van der Waals surface area contributed by atoms with Crippen molar-refractivity contribution in [2.24, 2.45) is 0 Å². The van der Waals surface area contributed by atoms with Gasteiger partial charge in [-0.3, -0.25) is 9.59 Å². The molecule has 29 heavy (non-hydrogen) atoms. The Hall–Kier alpha value is -2.99. The van der Waals surface area contributed by atoms with E-state index in [4.69, 9.17) is 0 Å². The van der Waals surface area contributed by atoms with Crippen LogP contribution in [0, 0.1) is 0 Å². The van der Waals surface area contributed by atoms with Gasteiger partial charge in [0.2, 0.25) is 11.8 Å². The molecule has 5 nitrogen and oxygen atoms in total. The van der Waals surface area contributed by atoms with E-state index >= 15 is 0 Å². The van der Waals surface area contributed by atoms with Crippen molar-refractivity contribution in [1.82, 2.24) is 9.88 Å². The first kappa shape index (κ1) is 19.3. The van der Waals surface area contributed by atoms with Crippen molar-refractivity contribution >= 4 is 28.3 Å². The molecule has 6 heteroatoms. The van der Waals surface area contributed by atoms with Crippen molar-refractivity contribution in [3.05, 3.63) is 82.4 Å². The summed E-state index contributed by atoms with van der Waals surface area (Å²) >= 11 is 1.46. The fourth-order valence-electron chi connectivity index (χ4n) is 3.71. The summed E-state index contributed by atoms with van der Waals surface area (Å²) in [5.74, 6) is 0.0446. The van der Waals surface area contributed by atoms with Crippen LogP contribution < -0.4 is 5.32 Å². The number of fused-ring (bicyclic) bond motifs is 1. The van der Waals surface area contributed by atoms with Crippen LogP contribution in [0.5, 0.6) is 0 Å². The van der Waals surface area contributed by atoms with Crippen molar-refractivity contribution in [3.63, 3.8) is 0 Å². The van der Waals surface area contributed by atoms with E-state index in [2.05, 4.69) is 34.6 Å². The minimum atomic E-state index is -0.127. The zero-order valence-corrected chi connectivity index (χ0v) is 17.1. The molecule has 1 N–H and O–H groups in total. The predicted molar refractivity (Wildman–Crippen MR) is 115 cm³/mol. The van der Waals surface area contributed by atoms with Gasteiger partial charge in [-0.1, -0.05) is 72.0 Å². The summed E-state index contributed by atoms with van der Waals surface area (Å²) in [5, 5.41) is 3.36. The molecule has 1 aliphatic rings. The van der Waals surface area contributed by atoms with E-state index in [1.165, 1.54) is 18.3 Å². The number of hydrogen-bond donors (Lipinski definition) is 1. The van der Waals surface area contributed by atoms with Crippen molar-refractivity contribution in [2.75, 3.05) is 11.9 Å². The molecule has 148 valence electrons. The highest BCUT2D eigenvalue weighted by molar-refractivity contribution is 7.15. The van der Waals surface area contributed by atoms with Crippen LogP contribution in [-0.4, -0.2) is 28.2 Å². The molecule has 0 spiro atoms. The molecule has 0 saturated heterocycles. The van der Waals surface area contributed by atoms with E-state index in [-0.39, 0.29) is 17.7 Å². The number of amides is 2. The quantitative estimate of drug-likeness (QED) is 0.692. The fraction of sp³-hybridized carbons (Fsp3) is 0.261. The van der Waals surface area contributed by atoms with Crippen LogP contribution in [-0.2, 0) is 22.6 Å². The Bertz CT molecular complexity index is 962. The Kier molecular flexibility index (Phi) is 5.71. The molecule has 2 aromatic carbocycles. The lowest BCUT2D eigenvalue weighted by Gasteiger charge is -2.28. The van der Waals surface area contributed by atoms with Gasteiger partial charge in [-0.25, -0.2) is 4.98 Å². The molecule has 0 bridgehead atoms. The number of anilines is 1. The maximum absolute atomic E-state index is 13.2. The highest BCUT2D eigenvalue weighted by atomic mass is 32.1. The number of benzene rings is 2. The SMILES string of the molecule is CC(=O)Nc1nc2c(s1)CN(C(=O)CC(c1ccccc1)c1ccccc1)CC2. The van der Waals surface area contributed by atoms with Crippen LogP contribution in [0.4, 0.5) is 5.13 Å². The van der Waals surface area contributed by atoms with E-state index in [0.29, 0.717) is 24.6 Å². The lowest BCUT2D eigenvalue weighted by atomic mass is 9.88. The molecule has 1 aliphatic heterocycles. The molecule has 1 aromatic heterocycles. The molecule has 0 radical (unpaired) electrons. The number of aromatic nitrogens is 1. The van der Waals surface area contributed by atoms with Crippen LogP contribution in [0.25, 0.3) is 0 Å². The molecule has 0 saturated carbocycles. The van der Waals surface area contributed by atoms with Gasteiger partial charge in [0.05, 0.1) is 12.2 Å². The van der Waals surface area contributed by atoms with Crippen molar-refractivity contribution in [2.45, 2.75) is 32.2 Å².